The maximum Gasteiger partial charge on any atom is 0.234 e. The Kier molecular flexibility index (Phi) is 8.41. The van der Waals surface area contributed by atoms with Gasteiger partial charge in [-0.15, -0.1) is 0 Å². The molecular weight excluding hydrogens is 487 g/mol. The third kappa shape index (κ3) is 5.85. The molecule has 4 aromatic rings. The van der Waals surface area contributed by atoms with Crippen molar-refractivity contribution in [3.63, 3.8) is 0 Å². The number of methoxy groups -OCH3 is 1. The molecule has 2 heterocycles. The summed E-state index contributed by atoms with van der Waals surface area (Å²) in [6.07, 6.45) is 5.36. The molecule has 4 rings (SSSR count). The largest absolute Gasteiger partial charge is 0.493 e. The van der Waals surface area contributed by atoms with Crippen LogP contribution in [0.4, 0.5) is 11.6 Å². The molecule has 2 aromatic carbocycles. The average Bonchev–Trinajstić information content (AvgIpc) is 3.29. The summed E-state index contributed by atoms with van der Waals surface area (Å²) in [7, 11) is 3.59. The van der Waals surface area contributed by atoms with E-state index < -0.39 is 0 Å². The number of ether oxygens (including phenoxy) is 2. The molecule has 0 bridgehead atoms. The lowest BCUT2D eigenvalue weighted by Gasteiger charge is -2.18. The number of hydrogen-bond donors (Lipinski definition) is 1. The number of para-hydroxylation sites is 1. The molecule has 35 heavy (non-hydrogen) atoms. The van der Waals surface area contributed by atoms with Gasteiger partial charge in [-0.25, -0.2) is 9.97 Å². The molecule has 1 unspecified atom stereocenters. The number of nitrogens with two attached hydrogens (primary N) is 1. The van der Waals surface area contributed by atoms with Crippen LogP contribution >= 0.6 is 23.2 Å². The van der Waals surface area contributed by atoms with Gasteiger partial charge in [-0.3, -0.25) is 0 Å². The van der Waals surface area contributed by atoms with E-state index in [-0.39, 0.29) is 6.04 Å². The van der Waals surface area contributed by atoms with E-state index in [4.69, 9.17) is 38.4 Å². The van der Waals surface area contributed by atoms with Crippen molar-refractivity contribution in [1.82, 2.24) is 19.6 Å². The Hall–Kier alpha value is -2.91. The summed E-state index contributed by atoms with van der Waals surface area (Å²) in [6, 6.07) is 13.5. The van der Waals surface area contributed by atoms with Crippen LogP contribution in [0.2, 0.25) is 10.0 Å². The maximum absolute atomic E-state index is 6.62. The highest BCUT2D eigenvalue weighted by atomic mass is 35.5. The summed E-state index contributed by atoms with van der Waals surface area (Å²) >= 11 is 13.0. The Balaban J connectivity index is 1.58. The molecule has 0 radical (unpaired) electrons. The average molecular weight is 515 g/mol. The second kappa shape index (κ2) is 11.7. The molecular formula is C25H28Cl2N6O2. The second-order valence-corrected chi connectivity index (χ2v) is 8.98. The fourth-order valence-corrected chi connectivity index (χ4v) is 4.26. The topological polar surface area (TPSA) is 90.8 Å². The van der Waals surface area contributed by atoms with Crippen LogP contribution in [0.3, 0.4) is 0 Å². The molecule has 0 aliphatic carbocycles. The predicted molar refractivity (Wildman–Crippen MR) is 139 cm³/mol. The van der Waals surface area contributed by atoms with Gasteiger partial charge in [0.1, 0.15) is 12.1 Å². The van der Waals surface area contributed by atoms with Crippen LogP contribution in [0.15, 0.2) is 55.0 Å². The zero-order chi connectivity index (χ0) is 24.8. The summed E-state index contributed by atoms with van der Waals surface area (Å²) < 4.78 is 12.9. The summed E-state index contributed by atoms with van der Waals surface area (Å²) in [5.74, 6) is 1.32. The summed E-state index contributed by atoms with van der Waals surface area (Å²) in [4.78, 5) is 10.9. The van der Waals surface area contributed by atoms with E-state index in [0.717, 1.165) is 29.7 Å². The molecule has 10 heteroatoms. The number of nitrogens with zero attached hydrogens (tertiary/aromatic N) is 5. The van der Waals surface area contributed by atoms with Crippen LogP contribution in [0.1, 0.15) is 24.0 Å². The van der Waals surface area contributed by atoms with E-state index in [9.17, 15) is 0 Å². The molecule has 0 saturated heterocycles. The molecule has 2 aromatic heterocycles. The first kappa shape index (κ1) is 25.2. The predicted octanol–water partition coefficient (Wildman–Crippen LogP) is 4.92. The molecule has 1 atom stereocenters. The van der Waals surface area contributed by atoms with Gasteiger partial charge in [0, 0.05) is 43.4 Å². The molecule has 0 aliphatic rings. The molecule has 2 N–H and O–H groups in total. The van der Waals surface area contributed by atoms with Crippen molar-refractivity contribution in [2.24, 2.45) is 5.73 Å². The van der Waals surface area contributed by atoms with Gasteiger partial charge in [0.05, 0.1) is 29.5 Å². The zero-order valence-electron chi connectivity index (χ0n) is 19.7. The summed E-state index contributed by atoms with van der Waals surface area (Å²) in [5, 5.41) is 5.48. The van der Waals surface area contributed by atoms with Gasteiger partial charge in [0.25, 0.3) is 0 Å². The van der Waals surface area contributed by atoms with Crippen molar-refractivity contribution in [3.8, 4) is 5.75 Å². The third-order valence-electron chi connectivity index (χ3n) is 5.68. The van der Waals surface area contributed by atoms with Crippen molar-refractivity contribution in [2.45, 2.75) is 25.3 Å². The molecule has 8 nitrogen and oxygen atoms in total. The minimum Gasteiger partial charge on any atom is -0.493 e. The highest BCUT2D eigenvalue weighted by Gasteiger charge is 2.18. The lowest BCUT2D eigenvalue weighted by molar-refractivity contribution is 0.172. The van der Waals surface area contributed by atoms with Crippen molar-refractivity contribution in [3.05, 3.63) is 76.2 Å². The van der Waals surface area contributed by atoms with Gasteiger partial charge in [-0.1, -0.05) is 41.4 Å². The fraction of sp³-hybridized carbons (Fsp3) is 0.320. The lowest BCUT2D eigenvalue weighted by Crippen LogP contribution is -2.25. The van der Waals surface area contributed by atoms with E-state index in [0.29, 0.717) is 47.0 Å². The molecule has 0 saturated carbocycles. The van der Waals surface area contributed by atoms with Gasteiger partial charge < -0.3 is 20.1 Å². The maximum atomic E-state index is 6.62. The van der Waals surface area contributed by atoms with Crippen molar-refractivity contribution in [1.29, 1.82) is 0 Å². The molecule has 0 amide bonds. The van der Waals surface area contributed by atoms with Crippen molar-refractivity contribution < 1.29 is 9.47 Å². The first-order chi connectivity index (χ1) is 17.0. The Bertz CT molecular complexity index is 1270. The van der Waals surface area contributed by atoms with Gasteiger partial charge in [0.2, 0.25) is 5.95 Å². The van der Waals surface area contributed by atoms with E-state index >= 15 is 0 Å². The van der Waals surface area contributed by atoms with Crippen LogP contribution in [0.25, 0.3) is 5.65 Å². The van der Waals surface area contributed by atoms with Crippen LogP contribution < -0.4 is 15.4 Å². The number of aromatic nitrogens is 4. The van der Waals surface area contributed by atoms with Gasteiger partial charge >= 0.3 is 0 Å². The number of benzene rings is 2. The zero-order valence-corrected chi connectivity index (χ0v) is 21.2. The SMILES string of the molecule is COCC(N)CCCOc1ccc(Cl)c(Cl)c1Cc1cnn2c(N(C)c3ccccc3)ncnc12. The lowest BCUT2D eigenvalue weighted by atomic mass is 10.1. The standard InChI is InChI=1S/C25H28Cl2N6O2/c1-32(19-8-4-3-5-9-19)25-30-16-29-24-17(14-31-33(24)25)13-20-22(11-10-21(26)23(20)27)35-12-6-7-18(28)15-34-2/h3-5,8-11,14,16,18H,6-7,12-13,15,28H2,1-2H3. The van der Waals surface area contributed by atoms with Crippen molar-refractivity contribution >= 4 is 40.5 Å². The second-order valence-electron chi connectivity index (χ2n) is 8.19. The van der Waals surface area contributed by atoms with Gasteiger partial charge in [0.15, 0.2) is 5.65 Å². The monoisotopic (exact) mass is 514 g/mol. The highest BCUT2D eigenvalue weighted by Crippen LogP contribution is 2.35. The Labute approximate surface area is 214 Å². The fourth-order valence-electron chi connectivity index (χ4n) is 3.86. The number of fused-ring (bicyclic) bond motifs is 1. The number of rotatable bonds is 11. The van der Waals surface area contributed by atoms with Crippen LogP contribution in [0.5, 0.6) is 5.75 Å². The summed E-state index contributed by atoms with van der Waals surface area (Å²) in [6.45, 7) is 1.03. The smallest absolute Gasteiger partial charge is 0.234 e. The highest BCUT2D eigenvalue weighted by molar-refractivity contribution is 6.42. The first-order valence-electron chi connectivity index (χ1n) is 11.3. The van der Waals surface area contributed by atoms with Crippen LogP contribution in [-0.4, -0.2) is 53.0 Å². The van der Waals surface area contributed by atoms with E-state index in [2.05, 4.69) is 15.1 Å². The van der Waals surface area contributed by atoms with Crippen molar-refractivity contribution in [2.75, 3.05) is 32.3 Å². The minimum atomic E-state index is -0.0152. The molecule has 0 aliphatic heterocycles. The van der Waals surface area contributed by atoms with Crippen LogP contribution in [0, 0.1) is 0 Å². The molecule has 0 spiro atoms. The number of anilines is 2. The Morgan fingerprint density at radius 1 is 1.11 bits per heavy atom. The Morgan fingerprint density at radius 2 is 1.91 bits per heavy atom. The molecule has 0 fully saturated rings. The van der Waals surface area contributed by atoms with E-state index in [1.807, 2.05) is 48.3 Å². The first-order valence-corrected chi connectivity index (χ1v) is 12.1. The van der Waals surface area contributed by atoms with E-state index in [1.54, 1.807) is 23.9 Å². The van der Waals surface area contributed by atoms with Gasteiger partial charge in [-0.2, -0.15) is 9.61 Å². The van der Waals surface area contributed by atoms with Crippen LogP contribution in [-0.2, 0) is 11.2 Å². The third-order valence-corrected chi connectivity index (χ3v) is 6.52. The summed E-state index contributed by atoms with van der Waals surface area (Å²) in [5.41, 5.74) is 9.35. The normalized spacial score (nSPS) is 12.1. The minimum absolute atomic E-state index is 0.0152. The van der Waals surface area contributed by atoms with Gasteiger partial charge in [-0.05, 0) is 37.1 Å². The molecule has 184 valence electrons. The Morgan fingerprint density at radius 3 is 2.69 bits per heavy atom. The number of hydrogen-bond acceptors (Lipinski definition) is 7. The number of halogens is 2. The quantitative estimate of drug-likeness (QED) is 0.284. The van der Waals surface area contributed by atoms with E-state index in [1.165, 1.54) is 6.33 Å².